The third kappa shape index (κ3) is 5.18. The number of carbonyl (C=O) groups is 1. The zero-order valence-electron chi connectivity index (χ0n) is 11.6. The summed E-state index contributed by atoms with van der Waals surface area (Å²) in [6.07, 6.45) is 0. The molecule has 1 atom stereocenters. The van der Waals surface area contributed by atoms with E-state index in [4.69, 9.17) is 14.2 Å². The SMILES string of the molecule is CCNC(COc1cccc(OC)c1)C(=O)OCC. The number of ether oxygens (including phenoxy) is 3. The van der Waals surface area contributed by atoms with Gasteiger partial charge in [0.2, 0.25) is 0 Å². The van der Waals surface area contributed by atoms with Crippen LogP contribution < -0.4 is 14.8 Å². The van der Waals surface area contributed by atoms with E-state index in [2.05, 4.69) is 5.32 Å². The Morgan fingerprint density at radius 1 is 1.32 bits per heavy atom. The van der Waals surface area contributed by atoms with Crippen LogP contribution in [0, 0.1) is 0 Å². The molecule has 0 radical (unpaired) electrons. The van der Waals surface area contributed by atoms with E-state index >= 15 is 0 Å². The summed E-state index contributed by atoms with van der Waals surface area (Å²) in [5, 5.41) is 3.04. The fourth-order valence-corrected chi connectivity index (χ4v) is 1.57. The van der Waals surface area contributed by atoms with Crippen LogP contribution in [0.15, 0.2) is 24.3 Å². The van der Waals surface area contributed by atoms with Crippen molar-refractivity contribution in [2.45, 2.75) is 19.9 Å². The van der Waals surface area contributed by atoms with Gasteiger partial charge in [-0.05, 0) is 25.6 Å². The molecule has 0 aliphatic heterocycles. The Bertz CT molecular complexity index is 395. The van der Waals surface area contributed by atoms with Crippen molar-refractivity contribution in [2.75, 3.05) is 26.9 Å². The average Bonchev–Trinajstić information content (AvgIpc) is 2.44. The van der Waals surface area contributed by atoms with Gasteiger partial charge in [0, 0.05) is 6.07 Å². The number of nitrogens with one attached hydrogen (secondary N) is 1. The molecule has 5 nitrogen and oxygen atoms in total. The summed E-state index contributed by atoms with van der Waals surface area (Å²) in [5.41, 5.74) is 0. The third-order valence-electron chi connectivity index (χ3n) is 2.48. The van der Waals surface area contributed by atoms with Crippen molar-refractivity contribution in [3.63, 3.8) is 0 Å². The predicted molar refractivity (Wildman–Crippen MR) is 72.6 cm³/mol. The molecule has 0 aliphatic carbocycles. The molecule has 1 N–H and O–H groups in total. The van der Waals surface area contributed by atoms with Crippen molar-refractivity contribution >= 4 is 5.97 Å². The number of rotatable bonds is 8. The monoisotopic (exact) mass is 267 g/mol. The summed E-state index contributed by atoms with van der Waals surface area (Å²) in [6, 6.07) is 6.79. The normalized spacial score (nSPS) is 11.7. The summed E-state index contributed by atoms with van der Waals surface area (Å²) >= 11 is 0. The van der Waals surface area contributed by atoms with Crippen molar-refractivity contribution < 1.29 is 19.0 Å². The molecule has 1 unspecified atom stereocenters. The molecule has 0 amide bonds. The lowest BCUT2D eigenvalue weighted by Gasteiger charge is -2.17. The zero-order chi connectivity index (χ0) is 14.1. The lowest BCUT2D eigenvalue weighted by atomic mass is 10.3. The van der Waals surface area contributed by atoms with E-state index in [1.165, 1.54) is 0 Å². The van der Waals surface area contributed by atoms with Crippen LogP contribution in [0.2, 0.25) is 0 Å². The minimum atomic E-state index is -0.462. The largest absolute Gasteiger partial charge is 0.497 e. The first-order chi connectivity index (χ1) is 9.21. The number of carbonyl (C=O) groups excluding carboxylic acids is 1. The molecule has 5 heteroatoms. The Morgan fingerprint density at radius 3 is 2.68 bits per heavy atom. The van der Waals surface area contributed by atoms with Crippen LogP contribution in [-0.4, -0.2) is 38.9 Å². The minimum Gasteiger partial charge on any atom is -0.497 e. The van der Waals surface area contributed by atoms with E-state index in [0.717, 1.165) is 0 Å². The number of hydrogen-bond donors (Lipinski definition) is 1. The van der Waals surface area contributed by atoms with Crippen LogP contribution in [0.1, 0.15) is 13.8 Å². The van der Waals surface area contributed by atoms with Crippen LogP contribution in [-0.2, 0) is 9.53 Å². The molecule has 1 aromatic rings. The molecule has 106 valence electrons. The van der Waals surface area contributed by atoms with Gasteiger partial charge in [0.1, 0.15) is 24.1 Å². The van der Waals surface area contributed by atoms with Crippen LogP contribution >= 0.6 is 0 Å². The van der Waals surface area contributed by atoms with Crippen LogP contribution in [0.25, 0.3) is 0 Å². The maximum absolute atomic E-state index is 11.7. The van der Waals surface area contributed by atoms with Gasteiger partial charge in [-0.1, -0.05) is 13.0 Å². The van der Waals surface area contributed by atoms with Gasteiger partial charge in [-0.15, -0.1) is 0 Å². The van der Waals surface area contributed by atoms with Crippen LogP contribution in [0.5, 0.6) is 11.5 Å². The molecule has 1 rings (SSSR count). The molecule has 1 aromatic carbocycles. The van der Waals surface area contributed by atoms with Crippen molar-refractivity contribution in [1.82, 2.24) is 5.32 Å². The highest BCUT2D eigenvalue weighted by atomic mass is 16.5. The molecule has 0 spiro atoms. The summed E-state index contributed by atoms with van der Waals surface area (Å²) in [4.78, 5) is 11.7. The fourth-order valence-electron chi connectivity index (χ4n) is 1.57. The second kappa shape index (κ2) is 8.37. The molecule has 0 aromatic heterocycles. The Hall–Kier alpha value is -1.75. The Kier molecular flexibility index (Phi) is 6.74. The molecule has 0 saturated carbocycles. The number of methoxy groups -OCH3 is 1. The first-order valence-corrected chi connectivity index (χ1v) is 6.38. The van der Waals surface area contributed by atoms with Gasteiger partial charge >= 0.3 is 5.97 Å². The van der Waals surface area contributed by atoms with Crippen molar-refractivity contribution in [1.29, 1.82) is 0 Å². The van der Waals surface area contributed by atoms with Crippen molar-refractivity contribution in [2.24, 2.45) is 0 Å². The van der Waals surface area contributed by atoms with Gasteiger partial charge in [-0.25, -0.2) is 0 Å². The molecule has 0 saturated heterocycles. The number of benzene rings is 1. The van der Waals surface area contributed by atoms with Gasteiger partial charge in [0.05, 0.1) is 13.7 Å². The van der Waals surface area contributed by atoms with E-state index in [0.29, 0.717) is 24.7 Å². The Balaban J connectivity index is 2.57. The zero-order valence-corrected chi connectivity index (χ0v) is 11.6. The van der Waals surface area contributed by atoms with Gasteiger partial charge in [0.15, 0.2) is 0 Å². The Labute approximate surface area is 113 Å². The van der Waals surface area contributed by atoms with Crippen LogP contribution in [0.3, 0.4) is 0 Å². The summed E-state index contributed by atoms with van der Waals surface area (Å²) in [5.74, 6) is 1.08. The van der Waals surface area contributed by atoms with Gasteiger partial charge in [-0.2, -0.15) is 0 Å². The van der Waals surface area contributed by atoms with E-state index in [1.807, 2.05) is 25.1 Å². The number of likely N-dealkylation sites (N-methyl/N-ethyl adjacent to an activating group) is 1. The molecular weight excluding hydrogens is 246 g/mol. The smallest absolute Gasteiger partial charge is 0.326 e. The summed E-state index contributed by atoms with van der Waals surface area (Å²) in [6.45, 7) is 4.96. The quantitative estimate of drug-likeness (QED) is 0.725. The lowest BCUT2D eigenvalue weighted by Crippen LogP contribution is -2.42. The third-order valence-corrected chi connectivity index (χ3v) is 2.48. The number of esters is 1. The number of hydrogen-bond acceptors (Lipinski definition) is 5. The first-order valence-electron chi connectivity index (χ1n) is 6.38. The minimum absolute atomic E-state index is 0.222. The standard InChI is InChI=1S/C14H21NO4/c1-4-15-13(14(16)18-5-2)10-19-12-8-6-7-11(9-12)17-3/h6-9,13,15H,4-5,10H2,1-3H3. The molecule has 0 fully saturated rings. The van der Waals surface area contributed by atoms with E-state index in [9.17, 15) is 4.79 Å². The van der Waals surface area contributed by atoms with Crippen molar-refractivity contribution in [3.05, 3.63) is 24.3 Å². The Morgan fingerprint density at radius 2 is 2.05 bits per heavy atom. The van der Waals surface area contributed by atoms with E-state index in [1.54, 1.807) is 20.1 Å². The van der Waals surface area contributed by atoms with Gasteiger partial charge < -0.3 is 19.5 Å². The molecular formula is C14H21NO4. The second-order valence-corrected chi connectivity index (χ2v) is 3.85. The average molecular weight is 267 g/mol. The van der Waals surface area contributed by atoms with Gasteiger partial charge in [-0.3, -0.25) is 4.79 Å². The lowest BCUT2D eigenvalue weighted by molar-refractivity contribution is -0.146. The van der Waals surface area contributed by atoms with Crippen LogP contribution in [0.4, 0.5) is 0 Å². The summed E-state index contributed by atoms with van der Waals surface area (Å²) in [7, 11) is 1.60. The topological polar surface area (TPSA) is 56.8 Å². The van der Waals surface area contributed by atoms with Crippen molar-refractivity contribution in [3.8, 4) is 11.5 Å². The molecule has 0 heterocycles. The van der Waals surface area contributed by atoms with E-state index < -0.39 is 6.04 Å². The maximum Gasteiger partial charge on any atom is 0.326 e. The second-order valence-electron chi connectivity index (χ2n) is 3.85. The van der Waals surface area contributed by atoms with E-state index in [-0.39, 0.29) is 12.6 Å². The molecule has 0 aliphatic rings. The maximum atomic E-state index is 11.7. The molecule has 0 bridgehead atoms. The first kappa shape index (κ1) is 15.3. The van der Waals surface area contributed by atoms with Gasteiger partial charge in [0.25, 0.3) is 0 Å². The highest BCUT2D eigenvalue weighted by Crippen LogP contribution is 2.18. The summed E-state index contributed by atoms with van der Waals surface area (Å²) < 4.78 is 15.7. The predicted octanol–water partition coefficient (Wildman–Crippen LogP) is 1.62. The highest BCUT2D eigenvalue weighted by Gasteiger charge is 2.19. The fraction of sp³-hybridized carbons (Fsp3) is 0.500. The highest BCUT2D eigenvalue weighted by molar-refractivity contribution is 5.76. The molecule has 19 heavy (non-hydrogen) atoms.